The zero-order valence-electron chi connectivity index (χ0n) is 16.0. The van der Waals surface area contributed by atoms with Gasteiger partial charge in [0.25, 0.3) is 0 Å². The summed E-state index contributed by atoms with van der Waals surface area (Å²) in [6.07, 6.45) is 0. The van der Waals surface area contributed by atoms with Gasteiger partial charge in [0, 0.05) is 18.3 Å². The van der Waals surface area contributed by atoms with Crippen LogP contribution in [-0.4, -0.2) is 23.2 Å². The molecule has 1 fully saturated rings. The fraction of sp³-hybridized carbons (Fsp3) is 0.240. The van der Waals surface area contributed by atoms with Crippen molar-refractivity contribution in [3.63, 3.8) is 0 Å². The van der Waals surface area contributed by atoms with E-state index in [-0.39, 0.29) is 17.9 Å². The SMILES string of the molecule is CC(c1ccccc1)N1CC(CCl)C(c2ccccc2)(c2ccccc2)C1=O. The van der Waals surface area contributed by atoms with E-state index in [0.717, 1.165) is 16.7 Å². The molecule has 28 heavy (non-hydrogen) atoms. The summed E-state index contributed by atoms with van der Waals surface area (Å²) in [6.45, 7) is 2.74. The van der Waals surface area contributed by atoms with Gasteiger partial charge in [-0.2, -0.15) is 0 Å². The number of likely N-dealkylation sites (tertiary alicyclic amines) is 1. The highest BCUT2D eigenvalue weighted by Crippen LogP contribution is 2.48. The molecule has 1 amide bonds. The highest BCUT2D eigenvalue weighted by atomic mass is 35.5. The highest BCUT2D eigenvalue weighted by Gasteiger charge is 2.56. The first-order valence-corrected chi connectivity index (χ1v) is 10.3. The number of hydrogen-bond donors (Lipinski definition) is 0. The number of amides is 1. The van der Waals surface area contributed by atoms with E-state index in [4.69, 9.17) is 11.6 Å². The lowest BCUT2D eigenvalue weighted by atomic mass is 9.68. The molecular weight excluding hydrogens is 366 g/mol. The summed E-state index contributed by atoms with van der Waals surface area (Å²) in [7, 11) is 0. The molecular formula is C25H24ClNO. The molecule has 0 saturated carbocycles. The average molecular weight is 390 g/mol. The van der Waals surface area contributed by atoms with Gasteiger partial charge in [-0.15, -0.1) is 11.6 Å². The highest BCUT2D eigenvalue weighted by molar-refractivity contribution is 6.18. The lowest BCUT2D eigenvalue weighted by molar-refractivity contribution is -0.133. The van der Waals surface area contributed by atoms with Gasteiger partial charge >= 0.3 is 0 Å². The van der Waals surface area contributed by atoms with Crippen LogP contribution >= 0.6 is 11.6 Å². The molecule has 2 atom stereocenters. The van der Waals surface area contributed by atoms with Gasteiger partial charge in [0.05, 0.1) is 6.04 Å². The number of rotatable bonds is 5. The maximum Gasteiger partial charge on any atom is 0.238 e. The van der Waals surface area contributed by atoms with E-state index in [1.165, 1.54) is 0 Å². The molecule has 142 valence electrons. The number of benzene rings is 3. The summed E-state index contributed by atoms with van der Waals surface area (Å²) >= 11 is 6.49. The Morgan fingerprint density at radius 3 is 1.82 bits per heavy atom. The standard InChI is InChI=1S/C25H24ClNO/c1-19(20-11-5-2-6-12-20)27-18-23(17-26)25(24(27)28,21-13-7-3-8-14-21)22-15-9-4-10-16-22/h2-16,19,23H,17-18H2,1H3. The molecule has 2 unspecified atom stereocenters. The Morgan fingerprint density at radius 1 is 0.893 bits per heavy atom. The summed E-state index contributed by atoms with van der Waals surface area (Å²) in [6, 6.07) is 30.4. The molecule has 1 aliphatic rings. The second kappa shape index (κ2) is 7.81. The summed E-state index contributed by atoms with van der Waals surface area (Å²) in [5, 5.41) is 0. The zero-order valence-corrected chi connectivity index (χ0v) is 16.7. The van der Waals surface area contributed by atoms with E-state index in [1.807, 2.05) is 59.5 Å². The van der Waals surface area contributed by atoms with Crippen LogP contribution in [0.1, 0.15) is 29.7 Å². The summed E-state index contributed by atoms with van der Waals surface area (Å²) in [5.74, 6) is 0.553. The molecule has 0 aromatic heterocycles. The van der Waals surface area contributed by atoms with Gasteiger partial charge in [-0.3, -0.25) is 4.79 Å². The molecule has 2 nitrogen and oxygen atoms in total. The van der Waals surface area contributed by atoms with E-state index < -0.39 is 5.41 Å². The van der Waals surface area contributed by atoms with Gasteiger partial charge in [0.2, 0.25) is 5.91 Å². The fourth-order valence-electron chi connectivity index (χ4n) is 4.56. The Kier molecular flexibility index (Phi) is 5.23. The molecule has 3 aromatic carbocycles. The van der Waals surface area contributed by atoms with Crippen molar-refractivity contribution in [2.75, 3.05) is 12.4 Å². The predicted molar refractivity (Wildman–Crippen MR) is 114 cm³/mol. The average Bonchev–Trinajstić information content (AvgIpc) is 3.08. The number of carbonyl (C=O) groups is 1. The van der Waals surface area contributed by atoms with E-state index in [1.54, 1.807) is 0 Å². The first-order chi connectivity index (χ1) is 13.7. The second-order valence-corrected chi connectivity index (χ2v) is 7.74. The molecule has 0 bridgehead atoms. The van der Waals surface area contributed by atoms with Crippen molar-refractivity contribution in [3.05, 3.63) is 108 Å². The maximum absolute atomic E-state index is 14.1. The molecule has 0 N–H and O–H groups in total. The van der Waals surface area contributed by atoms with Crippen molar-refractivity contribution < 1.29 is 4.79 Å². The van der Waals surface area contributed by atoms with Crippen molar-refractivity contribution in [2.24, 2.45) is 5.92 Å². The monoisotopic (exact) mass is 389 g/mol. The topological polar surface area (TPSA) is 20.3 Å². The van der Waals surface area contributed by atoms with Gasteiger partial charge < -0.3 is 4.90 Å². The lowest BCUT2D eigenvalue weighted by Gasteiger charge is -2.34. The second-order valence-electron chi connectivity index (χ2n) is 7.44. The number of halogens is 1. The van der Waals surface area contributed by atoms with Crippen LogP contribution in [-0.2, 0) is 10.2 Å². The third-order valence-corrected chi connectivity index (χ3v) is 6.39. The van der Waals surface area contributed by atoms with Crippen molar-refractivity contribution in [2.45, 2.75) is 18.4 Å². The Hall–Kier alpha value is -2.58. The molecule has 0 radical (unpaired) electrons. The molecule has 3 aromatic rings. The van der Waals surface area contributed by atoms with Gasteiger partial charge in [0.1, 0.15) is 5.41 Å². The largest absolute Gasteiger partial charge is 0.334 e. The fourth-order valence-corrected chi connectivity index (χ4v) is 4.88. The molecule has 0 aliphatic carbocycles. The number of hydrogen-bond acceptors (Lipinski definition) is 1. The third-order valence-electron chi connectivity index (χ3n) is 6.02. The van der Waals surface area contributed by atoms with Crippen LogP contribution in [0, 0.1) is 5.92 Å². The van der Waals surface area contributed by atoms with Crippen LogP contribution in [0.5, 0.6) is 0 Å². The van der Waals surface area contributed by atoms with Crippen LogP contribution in [0.3, 0.4) is 0 Å². The van der Waals surface area contributed by atoms with E-state index in [9.17, 15) is 4.79 Å². The van der Waals surface area contributed by atoms with Crippen molar-refractivity contribution in [1.82, 2.24) is 4.90 Å². The molecule has 4 rings (SSSR count). The van der Waals surface area contributed by atoms with Crippen LogP contribution < -0.4 is 0 Å². The maximum atomic E-state index is 14.1. The minimum Gasteiger partial charge on any atom is -0.334 e. The van der Waals surface area contributed by atoms with Gasteiger partial charge in [-0.05, 0) is 23.6 Å². The first-order valence-electron chi connectivity index (χ1n) is 9.72. The van der Waals surface area contributed by atoms with Crippen LogP contribution in [0.4, 0.5) is 0 Å². The minimum absolute atomic E-state index is 0.00220. The van der Waals surface area contributed by atoms with Crippen molar-refractivity contribution >= 4 is 17.5 Å². The Bertz CT molecular complexity index is 887. The Balaban J connectivity index is 1.87. The number of nitrogens with zero attached hydrogens (tertiary/aromatic N) is 1. The smallest absolute Gasteiger partial charge is 0.238 e. The molecule has 1 saturated heterocycles. The van der Waals surface area contributed by atoms with Gasteiger partial charge in [0.15, 0.2) is 0 Å². The number of carbonyl (C=O) groups excluding carboxylic acids is 1. The quantitative estimate of drug-likeness (QED) is 0.533. The summed E-state index contributed by atoms with van der Waals surface area (Å²) in [5.41, 5.74) is 2.41. The van der Waals surface area contributed by atoms with Crippen LogP contribution in [0.2, 0.25) is 0 Å². The minimum atomic E-state index is -0.757. The summed E-state index contributed by atoms with van der Waals surface area (Å²) in [4.78, 5) is 16.1. The van der Waals surface area contributed by atoms with Gasteiger partial charge in [-0.25, -0.2) is 0 Å². The molecule has 3 heteroatoms. The first kappa shape index (κ1) is 18.8. The Morgan fingerprint density at radius 2 is 1.36 bits per heavy atom. The number of alkyl halides is 1. The third kappa shape index (κ3) is 2.93. The molecule has 0 spiro atoms. The van der Waals surface area contributed by atoms with Crippen molar-refractivity contribution in [3.8, 4) is 0 Å². The summed E-state index contributed by atoms with van der Waals surface area (Å²) < 4.78 is 0. The Labute approximate surface area is 171 Å². The lowest BCUT2D eigenvalue weighted by Crippen LogP contribution is -2.43. The van der Waals surface area contributed by atoms with Gasteiger partial charge in [-0.1, -0.05) is 91.0 Å². The predicted octanol–water partition coefficient (Wildman–Crippen LogP) is 5.43. The normalized spacial score (nSPS) is 19.6. The molecule has 1 heterocycles. The van der Waals surface area contributed by atoms with Crippen molar-refractivity contribution in [1.29, 1.82) is 0 Å². The van der Waals surface area contributed by atoms with Crippen LogP contribution in [0.25, 0.3) is 0 Å². The van der Waals surface area contributed by atoms with Crippen LogP contribution in [0.15, 0.2) is 91.0 Å². The molecule has 1 aliphatic heterocycles. The van der Waals surface area contributed by atoms with E-state index >= 15 is 0 Å². The van der Waals surface area contributed by atoms with E-state index in [0.29, 0.717) is 12.4 Å². The van der Waals surface area contributed by atoms with E-state index in [2.05, 4.69) is 43.3 Å². The zero-order chi connectivity index (χ0) is 19.6.